The van der Waals surface area contributed by atoms with E-state index >= 15 is 0 Å². The number of likely N-dealkylation sites (tertiary alicyclic amines) is 1. The largest absolute Gasteiger partial charge is 0.447 e. The third-order valence-electron chi connectivity index (χ3n) is 5.56. The van der Waals surface area contributed by atoms with E-state index < -0.39 is 15.9 Å². The number of halogens is 1. The smallest absolute Gasteiger partial charge is 0.407 e. The number of carbonyl (C=O) groups is 2. The summed E-state index contributed by atoms with van der Waals surface area (Å²) < 4.78 is 29.0. The monoisotopic (exact) mass is 463 g/mol. The van der Waals surface area contributed by atoms with Gasteiger partial charge < -0.3 is 15.0 Å². The van der Waals surface area contributed by atoms with E-state index in [1.54, 1.807) is 29.3 Å². The number of carbonyl (C=O) groups excluding carboxylic acids is 2. The van der Waals surface area contributed by atoms with Gasteiger partial charge in [0.05, 0.1) is 16.6 Å². The molecule has 4 rings (SSSR count). The molecule has 2 saturated heterocycles. The van der Waals surface area contributed by atoms with Crippen LogP contribution in [0, 0.1) is 0 Å². The molecular weight excluding hydrogens is 442 g/mol. The molecule has 0 radical (unpaired) electrons. The van der Waals surface area contributed by atoms with Crippen molar-refractivity contribution < 1.29 is 22.7 Å². The molecule has 2 fully saturated rings. The van der Waals surface area contributed by atoms with Crippen molar-refractivity contribution in [3.05, 3.63) is 47.1 Å². The molecule has 0 spiro atoms. The van der Waals surface area contributed by atoms with Crippen LogP contribution < -0.4 is 5.32 Å². The van der Waals surface area contributed by atoms with Crippen molar-refractivity contribution in [3.8, 4) is 11.3 Å². The molecule has 1 aromatic carbocycles. The minimum absolute atomic E-state index is 0.0564. The van der Waals surface area contributed by atoms with Gasteiger partial charge in [0, 0.05) is 48.5 Å². The SMILES string of the molecule is CS(=O)(=O)c1cc(Cl)ccc1-c1ccc(C2CN(C(=O)CC[C@@H]3COC(=O)N3)C2)cn1. The van der Waals surface area contributed by atoms with Gasteiger partial charge in [0.25, 0.3) is 0 Å². The number of cyclic esters (lactones) is 1. The van der Waals surface area contributed by atoms with Crippen LogP contribution in [0.25, 0.3) is 11.3 Å². The number of aromatic nitrogens is 1. The zero-order chi connectivity index (χ0) is 22.2. The molecule has 1 N–H and O–H groups in total. The van der Waals surface area contributed by atoms with E-state index in [-0.39, 0.29) is 22.8 Å². The molecule has 1 atom stereocenters. The minimum atomic E-state index is -3.46. The molecule has 1 aromatic heterocycles. The summed E-state index contributed by atoms with van der Waals surface area (Å²) >= 11 is 5.97. The van der Waals surface area contributed by atoms with Gasteiger partial charge in [0.2, 0.25) is 5.91 Å². The van der Waals surface area contributed by atoms with Gasteiger partial charge in [-0.25, -0.2) is 13.2 Å². The third kappa shape index (κ3) is 4.83. The Morgan fingerprint density at radius 1 is 1.29 bits per heavy atom. The van der Waals surface area contributed by atoms with Gasteiger partial charge in [-0.2, -0.15) is 0 Å². The van der Waals surface area contributed by atoms with Crippen LogP contribution in [-0.4, -0.2) is 62.3 Å². The molecule has 10 heteroatoms. The number of amides is 2. The van der Waals surface area contributed by atoms with E-state index in [1.165, 1.54) is 6.07 Å². The maximum Gasteiger partial charge on any atom is 0.407 e. The highest BCUT2D eigenvalue weighted by molar-refractivity contribution is 7.90. The normalized spacial score (nSPS) is 19.0. The molecule has 2 aromatic rings. The van der Waals surface area contributed by atoms with Crippen LogP contribution in [0.1, 0.15) is 24.3 Å². The van der Waals surface area contributed by atoms with Gasteiger partial charge in [-0.3, -0.25) is 9.78 Å². The molecule has 2 aliphatic rings. The third-order valence-corrected chi connectivity index (χ3v) is 6.93. The Bertz CT molecular complexity index is 1110. The molecule has 0 unspecified atom stereocenters. The van der Waals surface area contributed by atoms with Gasteiger partial charge >= 0.3 is 6.09 Å². The highest BCUT2D eigenvalue weighted by Gasteiger charge is 2.32. The van der Waals surface area contributed by atoms with Crippen LogP contribution in [0.4, 0.5) is 4.79 Å². The molecule has 0 aliphatic carbocycles. The number of alkyl carbamates (subject to hydrolysis) is 1. The summed E-state index contributed by atoms with van der Waals surface area (Å²) in [5, 5.41) is 3.02. The summed E-state index contributed by atoms with van der Waals surface area (Å²) in [6.07, 6.45) is 3.37. The second kappa shape index (κ2) is 8.47. The van der Waals surface area contributed by atoms with Crippen molar-refractivity contribution in [2.24, 2.45) is 0 Å². The van der Waals surface area contributed by atoms with Gasteiger partial charge in [0.1, 0.15) is 6.61 Å². The van der Waals surface area contributed by atoms with Crippen molar-refractivity contribution in [3.63, 3.8) is 0 Å². The number of rotatable bonds is 6. The number of benzene rings is 1. The first-order valence-electron chi connectivity index (χ1n) is 9.87. The average molecular weight is 464 g/mol. The minimum Gasteiger partial charge on any atom is -0.447 e. The molecule has 3 heterocycles. The summed E-state index contributed by atoms with van der Waals surface area (Å²) in [5.41, 5.74) is 2.06. The number of nitrogens with zero attached hydrogens (tertiary/aromatic N) is 2. The maximum absolute atomic E-state index is 12.3. The quantitative estimate of drug-likeness (QED) is 0.705. The zero-order valence-corrected chi connectivity index (χ0v) is 18.4. The summed E-state index contributed by atoms with van der Waals surface area (Å²) in [6.45, 7) is 1.53. The van der Waals surface area contributed by atoms with Crippen LogP contribution >= 0.6 is 11.6 Å². The Kier molecular flexibility index (Phi) is 5.90. The van der Waals surface area contributed by atoms with Gasteiger partial charge in [-0.05, 0) is 30.2 Å². The van der Waals surface area contributed by atoms with E-state index in [2.05, 4.69) is 10.3 Å². The van der Waals surface area contributed by atoms with E-state index in [9.17, 15) is 18.0 Å². The van der Waals surface area contributed by atoms with Gasteiger partial charge in [0.15, 0.2) is 9.84 Å². The van der Waals surface area contributed by atoms with E-state index in [0.717, 1.165) is 11.8 Å². The van der Waals surface area contributed by atoms with E-state index in [4.69, 9.17) is 16.3 Å². The Hall–Kier alpha value is -2.65. The molecule has 8 nitrogen and oxygen atoms in total. The van der Waals surface area contributed by atoms with Crippen molar-refractivity contribution in [1.29, 1.82) is 0 Å². The lowest BCUT2D eigenvalue weighted by molar-refractivity contribution is -0.135. The van der Waals surface area contributed by atoms with E-state index in [0.29, 0.717) is 48.8 Å². The lowest BCUT2D eigenvalue weighted by atomic mass is 9.91. The van der Waals surface area contributed by atoms with Crippen molar-refractivity contribution in [1.82, 2.24) is 15.2 Å². The molecule has 2 aliphatic heterocycles. The van der Waals surface area contributed by atoms with Crippen molar-refractivity contribution in [2.75, 3.05) is 26.0 Å². The highest BCUT2D eigenvalue weighted by Crippen LogP contribution is 2.31. The first kappa shape index (κ1) is 21.6. The maximum atomic E-state index is 12.3. The molecule has 2 amide bonds. The highest BCUT2D eigenvalue weighted by atomic mass is 35.5. The van der Waals surface area contributed by atoms with Crippen LogP contribution in [0.3, 0.4) is 0 Å². The first-order valence-corrected chi connectivity index (χ1v) is 12.1. The molecule has 0 bridgehead atoms. The molecular formula is C21H22ClN3O5S. The Labute approximate surface area is 185 Å². The van der Waals surface area contributed by atoms with Crippen LogP contribution in [0.5, 0.6) is 0 Å². The number of sulfone groups is 1. The second-order valence-corrected chi connectivity index (χ2v) is 10.3. The number of ether oxygens (including phenoxy) is 1. The zero-order valence-electron chi connectivity index (χ0n) is 16.9. The summed E-state index contributed by atoms with van der Waals surface area (Å²) in [6, 6.07) is 8.33. The molecule has 0 saturated carbocycles. The van der Waals surface area contributed by atoms with Gasteiger partial charge in [-0.15, -0.1) is 0 Å². The van der Waals surface area contributed by atoms with Gasteiger partial charge in [-0.1, -0.05) is 23.7 Å². The predicted octanol–water partition coefficient (Wildman–Crippen LogP) is 2.62. The van der Waals surface area contributed by atoms with Crippen LogP contribution in [0.2, 0.25) is 5.02 Å². The number of hydrogen-bond donors (Lipinski definition) is 1. The summed E-state index contributed by atoms with van der Waals surface area (Å²) in [5.74, 6) is 0.251. The van der Waals surface area contributed by atoms with Crippen LogP contribution in [-0.2, 0) is 19.4 Å². The first-order chi connectivity index (χ1) is 14.7. The molecule has 164 valence electrons. The van der Waals surface area contributed by atoms with Crippen LogP contribution in [0.15, 0.2) is 41.4 Å². The summed E-state index contributed by atoms with van der Waals surface area (Å²) in [7, 11) is -3.46. The predicted molar refractivity (Wildman–Crippen MR) is 115 cm³/mol. The van der Waals surface area contributed by atoms with E-state index in [1.807, 2.05) is 6.07 Å². The molecule has 31 heavy (non-hydrogen) atoms. The standard InChI is InChI=1S/C21H22ClN3O5S/c1-31(28,29)19-8-15(22)3-5-17(19)18-6-2-13(9-23-18)14-10-25(11-14)20(26)7-4-16-12-30-21(27)24-16/h2-3,5-6,8-9,14,16H,4,7,10-12H2,1H3,(H,24,27)/t16-/m1/s1. The Balaban J connectivity index is 1.36. The van der Waals surface area contributed by atoms with Crippen molar-refractivity contribution >= 4 is 33.4 Å². The average Bonchev–Trinajstić information content (AvgIpc) is 3.10. The topological polar surface area (TPSA) is 106 Å². The fraction of sp³-hybridized carbons (Fsp3) is 0.381. The number of nitrogens with one attached hydrogen (secondary N) is 1. The Morgan fingerprint density at radius 2 is 2.06 bits per heavy atom. The summed E-state index contributed by atoms with van der Waals surface area (Å²) in [4.78, 5) is 29.7. The number of pyridine rings is 1. The fourth-order valence-corrected chi connectivity index (χ4v) is 4.90. The number of hydrogen-bond acceptors (Lipinski definition) is 6. The lowest BCUT2D eigenvalue weighted by Gasteiger charge is -2.39. The lowest BCUT2D eigenvalue weighted by Crippen LogP contribution is -2.48. The second-order valence-electron chi connectivity index (χ2n) is 7.86. The van der Waals surface area contributed by atoms with Crippen molar-refractivity contribution in [2.45, 2.75) is 29.7 Å². The Morgan fingerprint density at radius 3 is 2.68 bits per heavy atom. The fourth-order valence-electron chi connectivity index (χ4n) is 3.75.